The van der Waals surface area contributed by atoms with E-state index in [1.807, 2.05) is 0 Å². The van der Waals surface area contributed by atoms with Gasteiger partial charge in [-0.1, -0.05) is 15.9 Å². The van der Waals surface area contributed by atoms with Gasteiger partial charge in [-0.15, -0.1) is 0 Å². The molecule has 3 nitrogen and oxygen atoms in total. The van der Waals surface area contributed by atoms with Crippen LogP contribution in [0.3, 0.4) is 0 Å². The number of anilines is 1. The van der Waals surface area contributed by atoms with Crippen molar-refractivity contribution in [2.45, 2.75) is 11.8 Å². The molecule has 1 aromatic heterocycles. The van der Waals surface area contributed by atoms with Gasteiger partial charge in [0.15, 0.2) is 5.75 Å². The average Bonchev–Trinajstić information content (AvgIpc) is 2.17. The number of halogens is 3. The van der Waals surface area contributed by atoms with Gasteiger partial charge in [-0.25, -0.2) is 8.78 Å². The van der Waals surface area contributed by atoms with Crippen LogP contribution in [0.1, 0.15) is 17.7 Å². The fourth-order valence-electron chi connectivity index (χ4n) is 1.12. The number of hydrogen-bond acceptors (Lipinski definition) is 3. The number of alkyl halides is 3. The number of hydrogen-bond donors (Lipinski definition) is 1. The van der Waals surface area contributed by atoms with Gasteiger partial charge < -0.3 is 10.5 Å². The summed E-state index contributed by atoms with van der Waals surface area (Å²) in [6.45, 7) is 0. The molecule has 1 rings (SSSR count). The Morgan fingerprint density at radius 1 is 1.64 bits per heavy atom. The van der Waals surface area contributed by atoms with Crippen molar-refractivity contribution in [3.8, 4) is 5.75 Å². The summed E-state index contributed by atoms with van der Waals surface area (Å²) in [4.78, 5) is 3.79. The Morgan fingerprint density at radius 3 is 2.71 bits per heavy atom. The minimum atomic E-state index is -2.64. The first-order valence-electron chi connectivity index (χ1n) is 3.77. The Balaban J connectivity index is 3.36. The van der Waals surface area contributed by atoms with Gasteiger partial charge in [0.1, 0.15) is 0 Å². The second-order valence-electron chi connectivity index (χ2n) is 2.54. The molecule has 0 aliphatic carbocycles. The summed E-state index contributed by atoms with van der Waals surface area (Å²) in [6, 6.07) is 0. The summed E-state index contributed by atoms with van der Waals surface area (Å²) in [6.07, 6.45) is -1.34. The van der Waals surface area contributed by atoms with Crippen molar-refractivity contribution in [1.82, 2.24) is 4.98 Å². The van der Waals surface area contributed by atoms with Crippen molar-refractivity contribution in [3.63, 3.8) is 0 Å². The van der Waals surface area contributed by atoms with E-state index in [9.17, 15) is 8.78 Å². The van der Waals surface area contributed by atoms with E-state index in [1.165, 1.54) is 13.3 Å². The average molecular weight is 267 g/mol. The van der Waals surface area contributed by atoms with Crippen molar-refractivity contribution >= 4 is 21.6 Å². The third-order valence-corrected chi connectivity index (χ3v) is 2.26. The number of nitrogens with zero attached hydrogens (tertiary/aromatic N) is 1. The molecule has 0 amide bonds. The minimum absolute atomic E-state index is 0.00412. The van der Waals surface area contributed by atoms with Gasteiger partial charge in [0.2, 0.25) is 0 Å². The molecule has 0 unspecified atom stereocenters. The molecule has 2 N–H and O–H groups in total. The molecule has 1 aromatic rings. The van der Waals surface area contributed by atoms with Crippen molar-refractivity contribution < 1.29 is 13.5 Å². The van der Waals surface area contributed by atoms with Crippen LogP contribution in [0.5, 0.6) is 5.75 Å². The fraction of sp³-hybridized carbons (Fsp3) is 0.375. The van der Waals surface area contributed by atoms with Crippen LogP contribution >= 0.6 is 15.9 Å². The smallest absolute Gasteiger partial charge is 0.269 e. The highest BCUT2D eigenvalue weighted by Crippen LogP contribution is 2.35. The second kappa shape index (κ2) is 4.54. The van der Waals surface area contributed by atoms with Crippen LogP contribution in [0.25, 0.3) is 0 Å². The largest absolute Gasteiger partial charge is 0.494 e. The predicted octanol–water partition coefficient (Wildman–Crippen LogP) is 2.50. The molecule has 78 valence electrons. The van der Waals surface area contributed by atoms with Crippen LogP contribution in [-0.4, -0.2) is 12.1 Å². The Labute approximate surface area is 88.4 Å². The summed E-state index contributed by atoms with van der Waals surface area (Å²) < 4.78 is 30.1. The maximum absolute atomic E-state index is 12.6. The number of ether oxygens (including phenoxy) is 1. The monoisotopic (exact) mass is 266 g/mol. The third-order valence-electron chi connectivity index (χ3n) is 1.73. The SMILES string of the molecule is COc1c(N)cnc(CBr)c1C(F)F. The van der Waals surface area contributed by atoms with Crippen LogP contribution in [0, 0.1) is 0 Å². The van der Waals surface area contributed by atoms with Crippen molar-refractivity contribution in [2.75, 3.05) is 12.8 Å². The zero-order valence-electron chi connectivity index (χ0n) is 7.43. The van der Waals surface area contributed by atoms with Crippen molar-refractivity contribution in [3.05, 3.63) is 17.5 Å². The van der Waals surface area contributed by atoms with Crippen LogP contribution in [0.15, 0.2) is 6.20 Å². The summed E-state index contributed by atoms with van der Waals surface area (Å²) in [5, 5.41) is 0.239. The van der Waals surface area contributed by atoms with E-state index in [4.69, 9.17) is 10.5 Å². The van der Waals surface area contributed by atoms with Gasteiger partial charge in [0.25, 0.3) is 6.43 Å². The highest BCUT2D eigenvalue weighted by Gasteiger charge is 2.21. The van der Waals surface area contributed by atoms with Crippen LogP contribution < -0.4 is 10.5 Å². The lowest BCUT2D eigenvalue weighted by Crippen LogP contribution is -2.04. The van der Waals surface area contributed by atoms with Gasteiger partial charge in [-0.3, -0.25) is 4.98 Å². The van der Waals surface area contributed by atoms with Crippen molar-refractivity contribution in [2.24, 2.45) is 0 Å². The first-order chi connectivity index (χ1) is 6.61. The van der Waals surface area contributed by atoms with E-state index >= 15 is 0 Å². The quantitative estimate of drug-likeness (QED) is 0.856. The number of nitrogen functional groups attached to an aromatic ring is 1. The second-order valence-corrected chi connectivity index (χ2v) is 3.10. The van der Waals surface area contributed by atoms with E-state index in [0.717, 1.165) is 0 Å². The van der Waals surface area contributed by atoms with E-state index in [1.54, 1.807) is 0 Å². The molecule has 0 radical (unpaired) electrons. The molecule has 0 aliphatic rings. The predicted molar refractivity (Wildman–Crippen MR) is 52.8 cm³/mol. The lowest BCUT2D eigenvalue weighted by molar-refractivity contribution is 0.145. The molecule has 0 saturated heterocycles. The molecule has 0 bridgehead atoms. The molecule has 6 heteroatoms. The molecule has 0 aliphatic heterocycles. The van der Waals surface area contributed by atoms with Gasteiger partial charge in [-0.05, 0) is 0 Å². The molecule has 14 heavy (non-hydrogen) atoms. The zero-order chi connectivity index (χ0) is 10.7. The lowest BCUT2D eigenvalue weighted by Gasteiger charge is -2.12. The van der Waals surface area contributed by atoms with Crippen LogP contribution in [-0.2, 0) is 5.33 Å². The first kappa shape index (κ1) is 11.2. The first-order valence-corrected chi connectivity index (χ1v) is 4.89. The maximum atomic E-state index is 12.6. The van der Waals surface area contributed by atoms with Gasteiger partial charge in [0, 0.05) is 5.33 Å². The molecule has 0 aromatic carbocycles. The number of nitrogens with two attached hydrogens (primary N) is 1. The molecule has 0 fully saturated rings. The van der Waals surface area contributed by atoms with E-state index in [-0.39, 0.29) is 28.0 Å². The van der Waals surface area contributed by atoms with Gasteiger partial charge >= 0.3 is 0 Å². The van der Waals surface area contributed by atoms with Crippen LogP contribution in [0.2, 0.25) is 0 Å². The standard InChI is InChI=1S/C8H9BrF2N2O/c1-14-7-4(12)3-13-5(2-9)6(7)8(10)11/h3,8H,2,12H2,1H3. The summed E-state index contributed by atoms with van der Waals surface area (Å²) in [7, 11) is 1.30. The van der Waals surface area contributed by atoms with Crippen molar-refractivity contribution in [1.29, 1.82) is 0 Å². The van der Waals surface area contributed by atoms with Crippen LogP contribution in [0.4, 0.5) is 14.5 Å². The highest BCUT2D eigenvalue weighted by atomic mass is 79.9. The minimum Gasteiger partial charge on any atom is -0.494 e. The fourth-order valence-corrected chi connectivity index (χ4v) is 1.57. The molecule has 0 saturated carbocycles. The Hall–Kier alpha value is -0.910. The number of pyridine rings is 1. The number of aromatic nitrogens is 1. The van der Waals surface area contributed by atoms with E-state index in [2.05, 4.69) is 20.9 Å². The van der Waals surface area contributed by atoms with Gasteiger partial charge in [-0.2, -0.15) is 0 Å². The molecule has 0 spiro atoms. The Bertz CT molecular complexity index is 333. The van der Waals surface area contributed by atoms with Gasteiger partial charge in [0.05, 0.1) is 30.3 Å². The highest BCUT2D eigenvalue weighted by molar-refractivity contribution is 9.08. The van der Waals surface area contributed by atoms with E-state index in [0.29, 0.717) is 0 Å². The maximum Gasteiger partial charge on any atom is 0.269 e. The zero-order valence-corrected chi connectivity index (χ0v) is 9.01. The number of rotatable bonds is 3. The summed E-state index contributed by atoms with van der Waals surface area (Å²) >= 11 is 3.07. The third kappa shape index (κ3) is 1.95. The summed E-state index contributed by atoms with van der Waals surface area (Å²) in [5.74, 6) is 0.00412. The number of methoxy groups -OCH3 is 1. The molecular formula is C8H9BrF2N2O. The van der Waals surface area contributed by atoms with E-state index < -0.39 is 6.43 Å². The Morgan fingerprint density at radius 2 is 2.29 bits per heavy atom. The molecular weight excluding hydrogens is 258 g/mol. The summed E-state index contributed by atoms with van der Waals surface area (Å²) in [5.41, 5.74) is 5.57. The molecule has 0 atom stereocenters. The normalized spacial score (nSPS) is 10.6. The molecule has 1 heterocycles. The Kier molecular flexibility index (Phi) is 3.62. The topological polar surface area (TPSA) is 48.1 Å². The lowest BCUT2D eigenvalue weighted by atomic mass is 10.2.